The largest absolute Gasteiger partial charge is 0.756 e. The van der Waals surface area contributed by atoms with Crippen LogP contribution in [0.3, 0.4) is 0 Å². The number of quaternary nitrogens is 1. The summed E-state index contributed by atoms with van der Waals surface area (Å²) in [5, 5.41) is 30.6. The van der Waals surface area contributed by atoms with Crippen molar-refractivity contribution in [2.45, 2.75) is 161 Å². The molecule has 0 aliphatic heterocycles. The second-order valence-corrected chi connectivity index (χ2v) is 18.2. The highest BCUT2D eigenvalue weighted by atomic mass is 31.2. The zero-order chi connectivity index (χ0) is 46.2. The number of furan rings is 1. The molecule has 354 valence electrons. The van der Waals surface area contributed by atoms with Crippen LogP contribution in [0.4, 0.5) is 0 Å². The van der Waals surface area contributed by atoms with Gasteiger partial charge in [0.25, 0.3) is 7.82 Å². The number of aryl methyl sites for hydroxylation is 2. The van der Waals surface area contributed by atoms with Gasteiger partial charge in [-0.05, 0) is 69.9 Å². The van der Waals surface area contributed by atoms with Crippen molar-refractivity contribution in [3.8, 4) is 0 Å². The Morgan fingerprint density at radius 3 is 1.95 bits per heavy atom. The summed E-state index contributed by atoms with van der Waals surface area (Å²) in [6.45, 7) is 7.80. The summed E-state index contributed by atoms with van der Waals surface area (Å²) < 4.78 is 39.8. The van der Waals surface area contributed by atoms with Crippen LogP contribution in [0, 0.1) is 13.8 Å². The molecule has 3 N–H and O–H groups in total. The van der Waals surface area contributed by atoms with E-state index in [-0.39, 0.29) is 32.3 Å². The van der Waals surface area contributed by atoms with Crippen LogP contribution in [-0.2, 0) is 45.5 Å². The normalized spacial score (nSPS) is 15.6. The fourth-order valence-corrected chi connectivity index (χ4v) is 6.89. The first kappa shape index (κ1) is 56.9. The quantitative estimate of drug-likeness (QED) is 0.0146. The molecule has 14 heteroatoms. The number of hydrogen-bond donors (Lipinski definition) is 3. The number of unbranched alkanes of at least 4 members (excludes halogenated alkanes) is 7. The number of nitrogens with zero attached hydrogens (tertiary/aromatic N) is 1. The Bertz CT molecular complexity index is 1570. The number of allylic oxidation sites excluding steroid dienone is 7. The molecule has 1 aromatic rings. The van der Waals surface area contributed by atoms with Crippen LogP contribution in [0.15, 0.2) is 65.2 Å². The van der Waals surface area contributed by atoms with Crippen molar-refractivity contribution in [2.24, 2.45) is 0 Å². The molecular weight excluding hydrogens is 813 g/mol. The maximum absolute atomic E-state index is 12.7. The zero-order valence-corrected chi connectivity index (χ0v) is 39.7. The SMILES string of the molecule is CC/C=C\C[C@H](O)/C=C/C=C/C=C\C=C/[C@@H](O)[C@H](O)CCCC(=O)O[C@H](COC(=O)CCCCCCCCCCc1oc(CCC)c(C)c1C)COP(=O)([O-])OCC[N+](C)(C)C. The fraction of sp³-hybridized carbons (Fsp3) is 0.667. The number of carbonyl (C=O) groups excluding carboxylic acids is 2. The molecule has 1 unspecified atom stereocenters. The summed E-state index contributed by atoms with van der Waals surface area (Å²) in [4.78, 5) is 37.7. The first-order valence-electron chi connectivity index (χ1n) is 22.7. The van der Waals surface area contributed by atoms with Gasteiger partial charge in [-0.1, -0.05) is 113 Å². The van der Waals surface area contributed by atoms with Gasteiger partial charge >= 0.3 is 11.9 Å². The second-order valence-electron chi connectivity index (χ2n) is 16.8. The topological polar surface area (TPSA) is 185 Å². The Hall–Kier alpha value is -3.13. The van der Waals surface area contributed by atoms with E-state index in [1.54, 1.807) is 42.5 Å². The lowest BCUT2D eigenvalue weighted by Crippen LogP contribution is -2.37. The van der Waals surface area contributed by atoms with Gasteiger partial charge in [0.2, 0.25) is 0 Å². The van der Waals surface area contributed by atoms with Crippen molar-refractivity contribution in [1.82, 2.24) is 0 Å². The Balaban J connectivity index is 2.49. The summed E-state index contributed by atoms with van der Waals surface area (Å²) >= 11 is 0. The van der Waals surface area contributed by atoms with Crippen LogP contribution < -0.4 is 4.89 Å². The highest BCUT2D eigenvalue weighted by molar-refractivity contribution is 7.45. The van der Waals surface area contributed by atoms with Gasteiger partial charge in [-0.2, -0.15) is 0 Å². The number of aliphatic hydroxyl groups excluding tert-OH is 3. The van der Waals surface area contributed by atoms with Crippen molar-refractivity contribution >= 4 is 19.8 Å². The summed E-state index contributed by atoms with van der Waals surface area (Å²) in [7, 11) is 0.915. The molecule has 0 fully saturated rings. The molecule has 13 nitrogen and oxygen atoms in total. The minimum Gasteiger partial charge on any atom is -0.756 e. The fourth-order valence-electron chi connectivity index (χ4n) is 6.16. The van der Waals surface area contributed by atoms with Gasteiger partial charge in [-0.15, -0.1) is 0 Å². The molecule has 0 radical (unpaired) electrons. The number of carbonyl (C=O) groups is 2. The highest BCUT2D eigenvalue weighted by Crippen LogP contribution is 2.38. The monoisotopic (exact) mass is 894 g/mol. The number of phosphoric ester groups is 1. The number of hydrogen-bond acceptors (Lipinski definition) is 12. The lowest BCUT2D eigenvalue weighted by Gasteiger charge is -2.28. The van der Waals surface area contributed by atoms with E-state index in [0.29, 0.717) is 23.9 Å². The van der Waals surface area contributed by atoms with E-state index >= 15 is 0 Å². The van der Waals surface area contributed by atoms with Gasteiger partial charge in [0.1, 0.15) is 31.3 Å². The molecule has 0 spiro atoms. The summed E-state index contributed by atoms with van der Waals surface area (Å²) in [6.07, 6.45) is 26.2. The van der Waals surface area contributed by atoms with Gasteiger partial charge in [0.15, 0.2) is 6.10 Å². The van der Waals surface area contributed by atoms with E-state index in [9.17, 15) is 34.4 Å². The van der Waals surface area contributed by atoms with E-state index in [1.165, 1.54) is 17.2 Å². The predicted octanol–water partition coefficient (Wildman–Crippen LogP) is 8.40. The molecule has 0 saturated heterocycles. The van der Waals surface area contributed by atoms with Gasteiger partial charge in [-0.25, -0.2) is 0 Å². The minimum atomic E-state index is -4.74. The van der Waals surface area contributed by atoms with E-state index in [1.807, 2.05) is 40.2 Å². The molecule has 0 amide bonds. The Morgan fingerprint density at radius 2 is 1.32 bits per heavy atom. The Morgan fingerprint density at radius 1 is 0.742 bits per heavy atom. The summed E-state index contributed by atoms with van der Waals surface area (Å²) in [6, 6.07) is 0. The maximum atomic E-state index is 12.7. The maximum Gasteiger partial charge on any atom is 0.306 e. The van der Waals surface area contributed by atoms with Crippen LogP contribution in [0.25, 0.3) is 0 Å². The number of rotatable bonds is 36. The molecule has 1 heterocycles. The van der Waals surface area contributed by atoms with Crippen molar-refractivity contribution in [2.75, 3.05) is 47.5 Å². The molecule has 1 rings (SSSR count). The van der Waals surface area contributed by atoms with Gasteiger partial charge in [0.05, 0.1) is 46.1 Å². The third-order valence-electron chi connectivity index (χ3n) is 10.1. The standard InChI is InChI=1S/C48H80NO12P/c1-8-10-21-28-41(50)29-22-17-15-16-18-23-30-43(51)44(52)31-26-34-48(54)60-42(38-59-62(55,56)58-36-35-49(5,6)7)37-57-47(53)33-25-20-14-12-11-13-19-24-32-46-40(4)39(3)45(61-46)27-9-2/h10,15-18,21-23,29-30,41-44,50-52H,8-9,11-14,19-20,24-28,31-38H2,1-7H3/b17-15+,18-16-,21-10-,29-22+,30-23-/t41-,42+,43+,44+/m0/s1. The lowest BCUT2D eigenvalue weighted by atomic mass is 10.0. The van der Waals surface area contributed by atoms with Crippen LogP contribution in [0.1, 0.15) is 133 Å². The molecular formula is C48H80NO12P. The smallest absolute Gasteiger partial charge is 0.306 e. The van der Waals surface area contributed by atoms with E-state index in [0.717, 1.165) is 82.1 Å². The Kier molecular flexibility index (Phi) is 30.6. The van der Waals surface area contributed by atoms with Crippen molar-refractivity contribution in [3.05, 3.63) is 83.4 Å². The molecule has 5 atom stereocenters. The molecule has 62 heavy (non-hydrogen) atoms. The number of phosphoric acid groups is 1. The van der Waals surface area contributed by atoms with Crippen molar-refractivity contribution < 1.29 is 61.8 Å². The number of esters is 2. The summed E-state index contributed by atoms with van der Waals surface area (Å²) in [5.41, 5.74) is 2.59. The molecule has 0 bridgehead atoms. The van der Waals surface area contributed by atoms with E-state index in [2.05, 4.69) is 20.8 Å². The molecule has 0 saturated carbocycles. The molecule has 0 aromatic carbocycles. The average molecular weight is 894 g/mol. The highest BCUT2D eigenvalue weighted by Gasteiger charge is 2.22. The Labute approximate surface area is 372 Å². The van der Waals surface area contributed by atoms with Gasteiger partial charge in [0, 0.05) is 25.7 Å². The van der Waals surface area contributed by atoms with Crippen LogP contribution in [0.5, 0.6) is 0 Å². The number of ether oxygens (including phenoxy) is 2. The first-order chi connectivity index (χ1) is 29.5. The first-order valence-corrected chi connectivity index (χ1v) is 24.1. The summed E-state index contributed by atoms with van der Waals surface area (Å²) in [5.74, 6) is 1.06. The number of likely N-dealkylation sites (N-methyl/N-ethyl adjacent to an activating group) is 1. The van der Waals surface area contributed by atoms with E-state index < -0.39 is 57.4 Å². The van der Waals surface area contributed by atoms with Crippen LogP contribution >= 0.6 is 7.82 Å². The molecule has 1 aromatic heterocycles. The van der Waals surface area contributed by atoms with Crippen LogP contribution in [0.2, 0.25) is 0 Å². The van der Waals surface area contributed by atoms with Crippen molar-refractivity contribution in [3.63, 3.8) is 0 Å². The van der Waals surface area contributed by atoms with Crippen LogP contribution in [-0.4, -0.2) is 104 Å². The van der Waals surface area contributed by atoms with Gasteiger partial charge in [-0.3, -0.25) is 14.2 Å². The van der Waals surface area contributed by atoms with Crippen molar-refractivity contribution in [1.29, 1.82) is 0 Å². The minimum absolute atomic E-state index is 0.0853. The predicted molar refractivity (Wildman–Crippen MR) is 243 cm³/mol. The second kappa shape index (κ2) is 33.4. The number of aliphatic hydroxyl groups is 3. The van der Waals surface area contributed by atoms with E-state index in [4.69, 9.17) is 22.9 Å². The molecule has 0 aliphatic rings. The average Bonchev–Trinajstić information content (AvgIpc) is 3.47. The third-order valence-corrected chi connectivity index (χ3v) is 11.0. The zero-order valence-electron chi connectivity index (χ0n) is 38.8. The lowest BCUT2D eigenvalue weighted by molar-refractivity contribution is -0.870. The molecule has 0 aliphatic carbocycles. The third kappa shape index (κ3) is 29.3. The van der Waals surface area contributed by atoms with Gasteiger partial charge < -0.3 is 47.6 Å².